The van der Waals surface area contributed by atoms with Crippen LogP contribution in [0.15, 0.2) is 24.3 Å². The Bertz CT molecular complexity index is 507. The van der Waals surface area contributed by atoms with Crippen LogP contribution in [-0.2, 0) is 20.9 Å². The molecule has 0 N–H and O–H groups in total. The molecule has 1 aromatic rings. The fraction of sp³-hybridized carbons (Fsp3) is 0.400. The molecule has 0 saturated carbocycles. The van der Waals surface area contributed by atoms with E-state index >= 15 is 0 Å². The number of esters is 1. The number of benzene rings is 1. The minimum Gasteiger partial charge on any atom is -0.461 e. The molecular formula is C15H19NO4. The number of ether oxygens (including phenoxy) is 1. The van der Waals surface area contributed by atoms with Crippen LogP contribution in [0.25, 0.3) is 0 Å². The average Bonchev–Trinajstić information content (AvgIpc) is 2.43. The Morgan fingerprint density at radius 2 is 1.70 bits per heavy atom. The lowest BCUT2D eigenvalue weighted by molar-refractivity contribution is -0.142. The normalized spacial score (nSPS) is 11.6. The molecule has 1 aromatic carbocycles. The Kier molecular flexibility index (Phi) is 5.43. The van der Waals surface area contributed by atoms with E-state index in [0.29, 0.717) is 5.56 Å². The van der Waals surface area contributed by atoms with Crippen molar-refractivity contribution >= 4 is 17.7 Å². The Hall–Kier alpha value is -2.17. The average molecular weight is 277 g/mol. The minimum atomic E-state index is -0.508. The predicted octanol–water partition coefficient (Wildman–Crippen LogP) is 1.80. The van der Waals surface area contributed by atoms with Gasteiger partial charge in [-0.3, -0.25) is 14.4 Å². The molecule has 0 aliphatic carbocycles. The maximum Gasteiger partial charge on any atom is 0.302 e. The molecule has 0 radical (unpaired) electrons. The van der Waals surface area contributed by atoms with Crippen molar-refractivity contribution in [2.45, 2.75) is 33.4 Å². The second-order valence-electron chi connectivity index (χ2n) is 4.65. The highest BCUT2D eigenvalue weighted by molar-refractivity contribution is 6.01. The van der Waals surface area contributed by atoms with Gasteiger partial charge in [0.25, 0.3) is 0 Å². The van der Waals surface area contributed by atoms with Gasteiger partial charge in [0.2, 0.25) is 5.91 Å². The summed E-state index contributed by atoms with van der Waals surface area (Å²) < 4.78 is 4.87. The lowest BCUT2D eigenvalue weighted by Crippen LogP contribution is -2.39. The molecule has 1 amide bonds. The van der Waals surface area contributed by atoms with E-state index in [9.17, 15) is 14.4 Å². The van der Waals surface area contributed by atoms with Crippen LogP contribution in [-0.4, -0.2) is 35.6 Å². The van der Waals surface area contributed by atoms with Gasteiger partial charge in [0.1, 0.15) is 6.61 Å². The third kappa shape index (κ3) is 4.19. The summed E-state index contributed by atoms with van der Waals surface area (Å²) in [6, 6.07) is 6.30. The number of amides is 1. The maximum atomic E-state index is 12.2. The maximum absolute atomic E-state index is 12.2. The largest absolute Gasteiger partial charge is 0.461 e. The molecule has 5 heteroatoms. The molecule has 1 unspecified atom stereocenters. The van der Waals surface area contributed by atoms with Crippen molar-refractivity contribution in [2.75, 3.05) is 7.05 Å². The summed E-state index contributed by atoms with van der Waals surface area (Å²) in [6.45, 7) is 4.65. The molecule has 0 spiro atoms. The number of carbonyl (C=O) groups is 3. The fourth-order valence-electron chi connectivity index (χ4n) is 1.64. The van der Waals surface area contributed by atoms with Crippen LogP contribution in [0.3, 0.4) is 0 Å². The topological polar surface area (TPSA) is 63.7 Å². The Balaban J connectivity index is 2.75. The van der Waals surface area contributed by atoms with Gasteiger partial charge in [-0.2, -0.15) is 0 Å². The van der Waals surface area contributed by atoms with Crippen molar-refractivity contribution in [3.8, 4) is 0 Å². The van der Waals surface area contributed by atoms with Crippen molar-refractivity contribution in [1.29, 1.82) is 0 Å². The number of ketones is 1. The number of likely N-dealkylation sites (N-methyl/N-ethyl adjacent to an activating group) is 1. The summed E-state index contributed by atoms with van der Waals surface area (Å²) in [5, 5.41) is 0. The van der Waals surface area contributed by atoms with E-state index < -0.39 is 6.04 Å². The van der Waals surface area contributed by atoms with E-state index in [1.807, 2.05) is 0 Å². The number of carbonyl (C=O) groups excluding carboxylic acids is 3. The summed E-state index contributed by atoms with van der Waals surface area (Å²) in [5.74, 6) is -0.624. The molecule has 1 atom stereocenters. The first-order chi connectivity index (χ1) is 9.32. The van der Waals surface area contributed by atoms with E-state index in [4.69, 9.17) is 4.74 Å². The van der Waals surface area contributed by atoms with E-state index in [0.717, 1.165) is 5.56 Å². The zero-order valence-corrected chi connectivity index (χ0v) is 12.2. The smallest absolute Gasteiger partial charge is 0.302 e. The molecule has 0 saturated heterocycles. The fourth-order valence-corrected chi connectivity index (χ4v) is 1.64. The van der Waals surface area contributed by atoms with Crippen LogP contribution in [0.1, 0.15) is 36.7 Å². The lowest BCUT2D eigenvalue weighted by atomic mass is 10.0. The number of hydrogen-bond acceptors (Lipinski definition) is 4. The first-order valence-electron chi connectivity index (χ1n) is 6.33. The molecule has 0 aliphatic rings. The highest BCUT2D eigenvalue weighted by Gasteiger charge is 2.21. The van der Waals surface area contributed by atoms with Crippen molar-refractivity contribution < 1.29 is 19.1 Å². The van der Waals surface area contributed by atoms with Gasteiger partial charge in [0.15, 0.2) is 5.78 Å². The summed E-state index contributed by atoms with van der Waals surface area (Å²) in [5.41, 5.74) is 1.33. The molecular weight excluding hydrogens is 258 g/mol. The third-order valence-corrected chi connectivity index (χ3v) is 3.14. The van der Waals surface area contributed by atoms with Crippen molar-refractivity contribution in [3.63, 3.8) is 0 Å². The Morgan fingerprint density at radius 3 is 2.15 bits per heavy atom. The minimum absolute atomic E-state index is 0.123. The standard InChI is InChI=1S/C15H19NO4/c1-10(16(4)11(2)17)15(19)14-7-5-13(6-8-14)9-20-12(3)18/h5-8,10H,9H2,1-4H3. The zero-order chi connectivity index (χ0) is 15.3. The number of hydrogen-bond donors (Lipinski definition) is 0. The number of nitrogens with zero attached hydrogens (tertiary/aromatic N) is 1. The second kappa shape index (κ2) is 6.84. The van der Waals surface area contributed by atoms with Crippen molar-refractivity contribution in [3.05, 3.63) is 35.4 Å². The number of rotatable bonds is 5. The molecule has 108 valence electrons. The summed E-state index contributed by atoms with van der Waals surface area (Å²) in [7, 11) is 1.60. The molecule has 0 aromatic heterocycles. The molecule has 0 aliphatic heterocycles. The van der Waals surface area contributed by atoms with Crippen molar-refractivity contribution in [2.24, 2.45) is 0 Å². The van der Waals surface area contributed by atoms with Gasteiger partial charge in [-0.15, -0.1) is 0 Å². The highest BCUT2D eigenvalue weighted by Crippen LogP contribution is 2.11. The van der Waals surface area contributed by atoms with Crippen LogP contribution in [0.4, 0.5) is 0 Å². The molecule has 0 heterocycles. The van der Waals surface area contributed by atoms with Crippen LogP contribution in [0.2, 0.25) is 0 Å². The monoisotopic (exact) mass is 277 g/mol. The first-order valence-corrected chi connectivity index (χ1v) is 6.33. The van der Waals surface area contributed by atoms with Crippen LogP contribution >= 0.6 is 0 Å². The van der Waals surface area contributed by atoms with E-state index in [-0.39, 0.29) is 24.3 Å². The Morgan fingerprint density at radius 1 is 1.15 bits per heavy atom. The summed E-state index contributed by atoms with van der Waals surface area (Å²) in [4.78, 5) is 35.5. The van der Waals surface area contributed by atoms with Gasteiger partial charge in [-0.05, 0) is 12.5 Å². The van der Waals surface area contributed by atoms with Gasteiger partial charge in [0, 0.05) is 26.5 Å². The predicted molar refractivity (Wildman–Crippen MR) is 74.1 cm³/mol. The molecule has 5 nitrogen and oxygen atoms in total. The number of Topliss-reactive ketones (excluding diaryl/α,β-unsaturated/α-hetero) is 1. The molecule has 0 bridgehead atoms. The molecule has 1 rings (SSSR count). The lowest BCUT2D eigenvalue weighted by Gasteiger charge is -2.22. The van der Waals surface area contributed by atoms with Gasteiger partial charge >= 0.3 is 5.97 Å². The third-order valence-electron chi connectivity index (χ3n) is 3.14. The van der Waals surface area contributed by atoms with Gasteiger partial charge in [0.05, 0.1) is 6.04 Å². The van der Waals surface area contributed by atoms with E-state index in [1.165, 1.54) is 18.7 Å². The molecule has 0 fully saturated rings. The zero-order valence-electron chi connectivity index (χ0n) is 12.2. The summed E-state index contributed by atoms with van der Waals surface area (Å²) >= 11 is 0. The molecule has 20 heavy (non-hydrogen) atoms. The van der Waals surface area contributed by atoms with E-state index in [1.54, 1.807) is 38.2 Å². The SMILES string of the molecule is CC(=O)OCc1ccc(C(=O)C(C)N(C)C(C)=O)cc1. The highest BCUT2D eigenvalue weighted by atomic mass is 16.5. The van der Waals surface area contributed by atoms with Crippen LogP contribution in [0.5, 0.6) is 0 Å². The van der Waals surface area contributed by atoms with Gasteiger partial charge in [-0.1, -0.05) is 24.3 Å². The van der Waals surface area contributed by atoms with Crippen LogP contribution in [0, 0.1) is 0 Å². The van der Waals surface area contributed by atoms with Gasteiger partial charge < -0.3 is 9.64 Å². The summed E-state index contributed by atoms with van der Waals surface area (Å²) in [6.07, 6.45) is 0. The second-order valence-corrected chi connectivity index (χ2v) is 4.65. The first kappa shape index (κ1) is 15.9. The van der Waals surface area contributed by atoms with Gasteiger partial charge in [-0.25, -0.2) is 0 Å². The van der Waals surface area contributed by atoms with Crippen molar-refractivity contribution in [1.82, 2.24) is 4.90 Å². The van der Waals surface area contributed by atoms with E-state index in [2.05, 4.69) is 0 Å². The van der Waals surface area contributed by atoms with Crippen LogP contribution < -0.4 is 0 Å². The quantitative estimate of drug-likeness (QED) is 0.608. The Labute approximate surface area is 118 Å².